The van der Waals surface area contributed by atoms with Gasteiger partial charge in [-0.15, -0.1) is 46.1 Å². The van der Waals surface area contributed by atoms with E-state index in [4.69, 9.17) is 28.8 Å². The number of hydrogen-bond acceptors (Lipinski definition) is 7. The molecule has 0 amide bonds. The Bertz CT molecular complexity index is 1160. The maximum absolute atomic E-state index is 7.89. The lowest BCUT2D eigenvalue weighted by Crippen LogP contribution is -2.75. The van der Waals surface area contributed by atoms with Crippen LogP contribution in [0.1, 0.15) is 145 Å². The second-order valence-corrected chi connectivity index (χ2v) is 51.0. The highest BCUT2D eigenvalue weighted by molar-refractivity contribution is 7.03. The summed E-state index contributed by atoms with van der Waals surface area (Å²) in [6.45, 7) is 76.6. The highest BCUT2D eigenvalue weighted by atomic mass is 28.5. The zero-order valence-corrected chi connectivity index (χ0v) is 46.8. The third kappa shape index (κ3) is 9.33. The van der Waals surface area contributed by atoms with E-state index < -0.39 is 95.2 Å². The molecule has 14 heteroatoms. The number of hydrogen-bond donors (Lipinski definition) is 0. The summed E-state index contributed by atoms with van der Waals surface area (Å²) < 4.78 is 55.3. The first-order valence-corrected chi connectivity index (χ1v) is 33.2. The first kappa shape index (κ1) is 53.4. The molecule has 1 heterocycles. The van der Waals surface area contributed by atoms with E-state index in [1.165, 1.54) is 0 Å². The molecule has 56 heavy (non-hydrogen) atoms. The predicted molar refractivity (Wildman–Crippen MR) is 257 cm³/mol. The average Bonchev–Trinajstić information content (AvgIpc) is 3.00. The lowest BCUT2D eigenvalue weighted by Gasteiger charge is -2.60. The summed E-state index contributed by atoms with van der Waals surface area (Å²) in [5.74, 6) is 0. The van der Waals surface area contributed by atoms with Crippen LogP contribution in [0, 0.1) is 0 Å². The molecule has 0 aromatic heterocycles. The van der Waals surface area contributed by atoms with Gasteiger partial charge in [0.2, 0.25) is 0 Å². The first-order valence-electron chi connectivity index (χ1n) is 20.0. The van der Waals surface area contributed by atoms with Crippen molar-refractivity contribution in [3.8, 4) is 0 Å². The minimum Gasteiger partial charge on any atom is -0.409 e. The van der Waals surface area contributed by atoms with Crippen LogP contribution in [0.15, 0.2) is 85.9 Å². The Balaban J connectivity index is 5.24. The highest BCUT2D eigenvalue weighted by Gasteiger charge is 2.71. The average molecular weight is 898 g/mol. The van der Waals surface area contributed by atoms with Crippen LogP contribution in [0.3, 0.4) is 0 Å². The summed E-state index contributed by atoms with van der Waals surface area (Å²) in [5, 5.41) is -4.09. The summed E-state index contributed by atoms with van der Waals surface area (Å²) in [6, 6.07) is 0. The molecule has 1 saturated heterocycles. The largest absolute Gasteiger partial charge is 0.409 e. The molecule has 0 radical (unpaired) electrons. The molecule has 0 aromatic carbocycles. The van der Waals surface area contributed by atoms with Crippen molar-refractivity contribution in [3.63, 3.8) is 0 Å². The van der Waals surface area contributed by atoms with Crippen LogP contribution in [-0.2, 0) is 28.8 Å². The summed E-state index contributed by atoms with van der Waals surface area (Å²) in [7, 11) is -26.0. The SMILES string of the molecule is C=C[Si]1(C(C)(C)C)O[Si](C=C)(C(C)(C)C)O[Si](C=C)(C(C)(C)C)O[Si](C=C)(C(C)(C)C)O[Si](C=C)(C(C)(C)C)O[Si](C=C)(C(C)(C)C)O[Si](C=C)(C(C)(C)C)O1. The molecular weight excluding hydrogens is 813 g/mol. The molecule has 0 aromatic rings. The van der Waals surface area contributed by atoms with Gasteiger partial charge < -0.3 is 28.8 Å². The van der Waals surface area contributed by atoms with Crippen molar-refractivity contribution in [2.75, 3.05) is 0 Å². The van der Waals surface area contributed by atoms with E-state index in [1.54, 1.807) is 0 Å². The van der Waals surface area contributed by atoms with Gasteiger partial charge in [0.05, 0.1) is 0 Å². The molecule has 0 spiro atoms. The second-order valence-electron chi connectivity index (χ2n) is 22.6. The zero-order chi connectivity index (χ0) is 44.9. The van der Waals surface area contributed by atoms with E-state index in [0.29, 0.717) is 0 Å². The first-order chi connectivity index (χ1) is 24.6. The van der Waals surface area contributed by atoms with Gasteiger partial charge in [0.15, 0.2) is 0 Å². The Kier molecular flexibility index (Phi) is 15.6. The van der Waals surface area contributed by atoms with Gasteiger partial charge >= 0.3 is 59.9 Å². The van der Waals surface area contributed by atoms with Crippen LogP contribution < -0.4 is 0 Å². The maximum Gasteiger partial charge on any atom is 0.352 e. The Labute approximate surface area is 353 Å². The van der Waals surface area contributed by atoms with Crippen molar-refractivity contribution in [1.82, 2.24) is 0 Å². The van der Waals surface area contributed by atoms with E-state index in [2.05, 4.69) is 191 Å². The lowest BCUT2D eigenvalue weighted by atomic mass is 10.2. The summed E-state index contributed by atoms with van der Waals surface area (Å²) in [4.78, 5) is 0. The standard InChI is InChI=1S/C42H84O7Si7/c1-29-50(36(8,9)10)43-51(30-2,37(11,12)13)45-53(32-4,39(17,18)19)47-55(34-6,41(23,24)25)49-56(35-7,42(26,27)28)48-54(33-5,40(20,21)22)46-52(31-3,44-50)38(14,15)16/h29-35H,1-7H2,8-28H3. The molecule has 0 saturated carbocycles. The fourth-order valence-electron chi connectivity index (χ4n) is 6.59. The molecule has 1 aliphatic heterocycles. The van der Waals surface area contributed by atoms with Gasteiger partial charge in [-0.25, -0.2) is 0 Å². The van der Waals surface area contributed by atoms with E-state index >= 15 is 0 Å². The molecule has 0 aliphatic carbocycles. The number of rotatable bonds is 7. The summed E-state index contributed by atoms with van der Waals surface area (Å²) in [5.41, 5.74) is 13.3. The fourth-order valence-corrected chi connectivity index (χ4v) is 49.1. The predicted octanol–water partition coefficient (Wildman–Crippen LogP) is 13.9. The van der Waals surface area contributed by atoms with Crippen LogP contribution in [-0.4, -0.2) is 59.9 Å². The second kappa shape index (κ2) is 16.4. The minimum atomic E-state index is -3.71. The smallest absolute Gasteiger partial charge is 0.352 e. The molecule has 1 fully saturated rings. The van der Waals surface area contributed by atoms with Crippen molar-refractivity contribution < 1.29 is 28.8 Å². The fraction of sp³-hybridized carbons (Fsp3) is 0.667. The maximum atomic E-state index is 7.89. The minimum absolute atomic E-state index is 0.585. The Hall–Kier alpha value is -0.582. The van der Waals surface area contributed by atoms with Crippen molar-refractivity contribution in [1.29, 1.82) is 0 Å². The monoisotopic (exact) mass is 896 g/mol. The van der Waals surface area contributed by atoms with Crippen LogP contribution in [0.25, 0.3) is 0 Å². The third-order valence-electron chi connectivity index (χ3n) is 11.3. The van der Waals surface area contributed by atoms with Crippen molar-refractivity contribution in [3.05, 3.63) is 85.9 Å². The molecule has 0 atom stereocenters. The Morgan fingerprint density at radius 2 is 0.286 bits per heavy atom. The normalized spacial score (nSPS) is 35.4. The molecule has 322 valence electrons. The van der Waals surface area contributed by atoms with E-state index in [0.717, 1.165) is 0 Å². The van der Waals surface area contributed by atoms with Crippen LogP contribution in [0.4, 0.5) is 0 Å². The highest BCUT2D eigenvalue weighted by Crippen LogP contribution is 2.58. The van der Waals surface area contributed by atoms with Gasteiger partial charge in [0.1, 0.15) is 0 Å². The van der Waals surface area contributed by atoms with Crippen molar-refractivity contribution in [2.45, 2.75) is 181 Å². The van der Waals surface area contributed by atoms with Crippen LogP contribution >= 0.6 is 0 Å². The van der Waals surface area contributed by atoms with Crippen molar-refractivity contribution >= 4 is 59.9 Å². The topological polar surface area (TPSA) is 64.6 Å². The van der Waals surface area contributed by atoms with Crippen LogP contribution in [0.2, 0.25) is 35.3 Å². The van der Waals surface area contributed by atoms with Gasteiger partial charge in [-0.1, -0.05) is 185 Å². The molecule has 0 bridgehead atoms. The Morgan fingerprint density at radius 3 is 0.321 bits per heavy atom. The molecule has 0 unspecified atom stereocenters. The molecule has 0 N–H and O–H groups in total. The molecule has 7 nitrogen and oxygen atoms in total. The van der Waals surface area contributed by atoms with E-state index in [-0.39, 0.29) is 0 Å². The van der Waals surface area contributed by atoms with Gasteiger partial charge in [-0.3, -0.25) is 0 Å². The molecule has 1 aliphatic rings. The molecule has 1 rings (SSSR count). The quantitative estimate of drug-likeness (QED) is 0.236. The van der Waals surface area contributed by atoms with E-state index in [9.17, 15) is 0 Å². The van der Waals surface area contributed by atoms with Crippen molar-refractivity contribution in [2.24, 2.45) is 0 Å². The van der Waals surface area contributed by atoms with Gasteiger partial charge in [-0.05, 0) is 0 Å². The zero-order valence-electron chi connectivity index (χ0n) is 39.8. The third-order valence-corrected chi connectivity index (χ3v) is 46.7. The van der Waals surface area contributed by atoms with Crippen LogP contribution in [0.5, 0.6) is 0 Å². The summed E-state index contributed by atoms with van der Waals surface area (Å²) >= 11 is 0. The lowest BCUT2D eigenvalue weighted by molar-refractivity contribution is 0.185. The van der Waals surface area contributed by atoms with Gasteiger partial charge in [0.25, 0.3) is 0 Å². The molecular formula is C42H84O7Si7. The summed E-state index contributed by atoms with van der Waals surface area (Å²) in [6.07, 6.45) is 0. The van der Waals surface area contributed by atoms with Gasteiger partial charge in [0, 0.05) is 35.3 Å². The van der Waals surface area contributed by atoms with Gasteiger partial charge in [-0.2, -0.15) is 0 Å². The van der Waals surface area contributed by atoms with E-state index in [1.807, 2.05) is 39.9 Å². The Morgan fingerprint density at radius 1 is 0.214 bits per heavy atom.